The highest BCUT2D eigenvalue weighted by Crippen LogP contribution is 2.30. The van der Waals surface area contributed by atoms with Crippen LogP contribution in [-0.4, -0.2) is 19.0 Å². The summed E-state index contributed by atoms with van der Waals surface area (Å²) >= 11 is 0. The van der Waals surface area contributed by atoms with Crippen molar-refractivity contribution >= 4 is 17.3 Å². The second-order valence-electron chi connectivity index (χ2n) is 6.23. The number of benzene rings is 2. The van der Waals surface area contributed by atoms with Crippen molar-refractivity contribution in [3.8, 4) is 0 Å². The van der Waals surface area contributed by atoms with Gasteiger partial charge in [-0.25, -0.2) is 0 Å². The standard InChI is InChI=1S/C19H19F3N2O/c1-13-11-16(24-9-2-3-10-24)7-8-17(13)23-18(25)14-5-4-6-15(12-14)19(20,21)22/h4-8,11-12H,2-3,9-10H2,1H3,(H,23,25). The van der Waals surface area contributed by atoms with E-state index < -0.39 is 17.6 Å². The maximum absolute atomic E-state index is 12.8. The van der Waals surface area contributed by atoms with E-state index >= 15 is 0 Å². The molecular weight excluding hydrogens is 329 g/mol. The zero-order valence-electron chi connectivity index (χ0n) is 13.9. The smallest absolute Gasteiger partial charge is 0.372 e. The molecule has 1 N–H and O–H groups in total. The van der Waals surface area contributed by atoms with E-state index in [9.17, 15) is 18.0 Å². The van der Waals surface area contributed by atoms with Gasteiger partial charge in [0.1, 0.15) is 0 Å². The first kappa shape index (κ1) is 17.3. The van der Waals surface area contributed by atoms with Crippen molar-refractivity contribution in [2.45, 2.75) is 25.9 Å². The number of amides is 1. The molecule has 0 unspecified atom stereocenters. The zero-order chi connectivity index (χ0) is 18.0. The molecule has 2 aromatic carbocycles. The summed E-state index contributed by atoms with van der Waals surface area (Å²) in [6.07, 6.45) is -2.12. The van der Waals surface area contributed by atoms with E-state index in [4.69, 9.17) is 0 Å². The number of rotatable bonds is 3. The van der Waals surface area contributed by atoms with Crippen LogP contribution in [0, 0.1) is 6.92 Å². The van der Waals surface area contributed by atoms with Gasteiger partial charge >= 0.3 is 6.18 Å². The van der Waals surface area contributed by atoms with E-state index in [1.807, 2.05) is 19.1 Å². The van der Waals surface area contributed by atoms with Crippen LogP contribution >= 0.6 is 0 Å². The van der Waals surface area contributed by atoms with Gasteiger partial charge in [0.05, 0.1) is 5.56 Å². The molecular formula is C19H19F3N2O. The Morgan fingerprint density at radius 3 is 2.44 bits per heavy atom. The van der Waals surface area contributed by atoms with Crippen LogP contribution in [0.2, 0.25) is 0 Å². The third kappa shape index (κ3) is 3.95. The highest BCUT2D eigenvalue weighted by molar-refractivity contribution is 6.04. The van der Waals surface area contributed by atoms with Gasteiger partial charge in [0, 0.05) is 30.0 Å². The lowest BCUT2D eigenvalue weighted by Gasteiger charge is -2.19. The Kier molecular flexibility index (Phi) is 4.70. The predicted octanol–water partition coefficient (Wildman–Crippen LogP) is 4.87. The maximum atomic E-state index is 12.8. The van der Waals surface area contributed by atoms with Crippen molar-refractivity contribution in [1.29, 1.82) is 0 Å². The fourth-order valence-corrected chi connectivity index (χ4v) is 2.99. The molecule has 1 aliphatic rings. The molecule has 0 bridgehead atoms. The topological polar surface area (TPSA) is 32.3 Å². The molecule has 1 fully saturated rings. The third-order valence-electron chi connectivity index (χ3n) is 4.38. The molecule has 0 atom stereocenters. The van der Waals surface area contributed by atoms with Crippen molar-refractivity contribution in [3.63, 3.8) is 0 Å². The Hall–Kier alpha value is -2.50. The van der Waals surface area contributed by atoms with Gasteiger partial charge in [-0.2, -0.15) is 13.2 Å². The first-order valence-corrected chi connectivity index (χ1v) is 8.19. The number of anilines is 2. The van der Waals surface area contributed by atoms with Crippen LogP contribution < -0.4 is 10.2 Å². The van der Waals surface area contributed by atoms with E-state index in [1.165, 1.54) is 25.0 Å². The van der Waals surface area contributed by atoms with Gasteiger partial charge in [-0.15, -0.1) is 0 Å². The molecule has 0 saturated carbocycles. The number of hydrogen-bond donors (Lipinski definition) is 1. The summed E-state index contributed by atoms with van der Waals surface area (Å²) in [4.78, 5) is 14.6. The summed E-state index contributed by atoms with van der Waals surface area (Å²) in [7, 11) is 0. The van der Waals surface area contributed by atoms with Crippen LogP contribution in [0.3, 0.4) is 0 Å². The van der Waals surface area contributed by atoms with Crippen molar-refractivity contribution in [3.05, 3.63) is 59.2 Å². The van der Waals surface area contributed by atoms with E-state index in [1.54, 1.807) is 6.07 Å². The van der Waals surface area contributed by atoms with Gasteiger partial charge in [0.15, 0.2) is 0 Å². The minimum Gasteiger partial charge on any atom is -0.372 e. The molecule has 3 rings (SSSR count). The molecule has 3 nitrogen and oxygen atoms in total. The molecule has 1 saturated heterocycles. The lowest BCUT2D eigenvalue weighted by Crippen LogP contribution is -2.18. The summed E-state index contributed by atoms with van der Waals surface area (Å²) < 4.78 is 38.3. The molecule has 1 heterocycles. The van der Waals surface area contributed by atoms with Crippen molar-refractivity contribution < 1.29 is 18.0 Å². The number of carbonyl (C=O) groups excluding carboxylic acids is 1. The predicted molar refractivity (Wildman–Crippen MR) is 92.0 cm³/mol. The fraction of sp³-hybridized carbons (Fsp3) is 0.316. The van der Waals surface area contributed by atoms with Crippen LogP contribution in [0.4, 0.5) is 24.5 Å². The van der Waals surface area contributed by atoms with Gasteiger partial charge < -0.3 is 10.2 Å². The van der Waals surface area contributed by atoms with Gasteiger partial charge in [-0.05, 0) is 61.7 Å². The first-order valence-electron chi connectivity index (χ1n) is 8.19. The Morgan fingerprint density at radius 2 is 1.80 bits per heavy atom. The monoisotopic (exact) mass is 348 g/mol. The van der Waals surface area contributed by atoms with E-state index in [2.05, 4.69) is 10.2 Å². The van der Waals surface area contributed by atoms with Crippen LogP contribution in [-0.2, 0) is 6.18 Å². The molecule has 0 aliphatic carbocycles. The molecule has 0 aromatic heterocycles. The zero-order valence-corrected chi connectivity index (χ0v) is 13.9. The van der Waals surface area contributed by atoms with E-state index in [0.717, 1.165) is 36.5 Å². The third-order valence-corrected chi connectivity index (χ3v) is 4.38. The second kappa shape index (κ2) is 6.78. The molecule has 0 spiro atoms. The number of alkyl halides is 3. The Bertz CT molecular complexity index is 780. The number of halogens is 3. The second-order valence-corrected chi connectivity index (χ2v) is 6.23. The minimum absolute atomic E-state index is 0.0159. The van der Waals surface area contributed by atoms with Crippen LogP contribution in [0.1, 0.15) is 34.3 Å². The van der Waals surface area contributed by atoms with Crippen molar-refractivity contribution in [1.82, 2.24) is 0 Å². The largest absolute Gasteiger partial charge is 0.416 e. The van der Waals surface area contributed by atoms with Crippen molar-refractivity contribution in [2.75, 3.05) is 23.3 Å². The van der Waals surface area contributed by atoms with E-state index in [0.29, 0.717) is 5.69 Å². The first-order chi connectivity index (χ1) is 11.8. The molecule has 2 aromatic rings. The summed E-state index contributed by atoms with van der Waals surface area (Å²) in [5, 5.41) is 2.70. The van der Waals surface area contributed by atoms with E-state index in [-0.39, 0.29) is 5.56 Å². The molecule has 6 heteroatoms. The molecule has 132 valence electrons. The lowest BCUT2D eigenvalue weighted by atomic mass is 10.1. The average molecular weight is 348 g/mol. The molecule has 0 radical (unpaired) electrons. The van der Waals surface area contributed by atoms with Crippen LogP contribution in [0.25, 0.3) is 0 Å². The number of nitrogens with zero attached hydrogens (tertiary/aromatic N) is 1. The van der Waals surface area contributed by atoms with Gasteiger partial charge in [-0.3, -0.25) is 4.79 Å². The summed E-state index contributed by atoms with van der Waals surface area (Å²) in [5.41, 5.74) is 1.74. The SMILES string of the molecule is Cc1cc(N2CCCC2)ccc1NC(=O)c1cccc(C(F)(F)F)c1. The van der Waals surface area contributed by atoms with Crippen molar-refractivity contribution in [2.24, 2.45) is 0 Å². The fourth-order valence-electron chi connectivity index (χ4n) is 2.99. The average Bonchev–Trinajstić information content (AvgIpc) is 3.10. The number of hydrogen-bond acceptors (Lipinski definition) is 2. The summed E-state index contributed by atoms with van der Waals surface area (Å²) in [5.74, 6) is -0.553. The molecule has 1 aliphatic heterocycles. The number of nitrogens with one attached hydrogen (secondary N) is 1. The quantitative estimate of drug-likeness (QED) is 0.858. The maximum Gasteiger partial charge on any atom is 0.416 e. The molecule has 1 amide bonds. The van der Waals surface area contributed by atoms with Gasteiger partial charge in [0.25, 0.3) is 5.91 Å². The Morgan fingerprint density at radius 1 is 1.08 bits per heavy atom. The Balaban J connectivity index is 1.77. The Labute approximate surface area is 144 Å². The highest BCUT2D eigenvalue weighted by Gasteiger charge is 2.30. The number of carbonyl (C=O) groups is 1. The van der Waals surface area contributed by atoms with Crippen LogP contribution in [0.5, 0.6) is 0 Å². The minimum atomic E-state index is -4.47. The number of aryl methyl sites for hydroxylation is 1. The summed E-state index contributed by atoms with van der Waals surface area (Å²) in [6.45, 7) is 3.92. The lowest BCUT2D eigenvalue weighted by molar-refractivity contribution is -0.137. The van der Waals surface area contributed by atoms with Gasteiger partial charge in [-0.1, -0.05) is 6.07 Å². The molecule has 25 heavy (non-hydrogen) atoms. The highest BCUT2D eigenvalue weighted by atomic mass is 19.4. The summed E-state index contributed by atoms with van der Waals surface area (Å²) in [6, 6.07) is 10.2. The van der Waals surface area contributed by atoms with Gasteiger partial charge in [0.2, 0.25) is 0 Å². The van der Waals surface area contributed by atoms with Crippen LogP contribution in [0.15, 0.2) is 42.5 Å². The normalized spacial score (nSPS) is 14.6.